The van der Waals surface area contributed by atoms with Crippen molar-refractivity contribution in [1.82, 2.24) is 10.4 Å². The van der Waals surface area contributed by atoms with Crippen LogP contribution in [0.5, 0.6) is 17.2 Å². The van der Waals surface area contributed by atoms with Crippen LogP contribution in [0, 0.1) is 0 Å². The molecule has 43 heavy (non-hydrogen) atoms. The molecule has 0 aliphatic carbocycles. The molecule has 0 bridgehead atoms. The molecule has 1 aromatic heterocycles. The molecule has 4 aromatic carbocycles. The number of H-pyrrole nitrogens is 1. The van der Waals surface area contributed by atoms with Crippen LogP contribution in [0.4, 0.5) is 13.2 Å². The number of esters is 1. The number of para-hydroxylation sites is 2. The second kappa shape index (κ2) is 11.2. The zero-order valence-electron chi connectivity index (χ0n) is 21.9. The quantitative estimate of drug-likeness (QED) is 0.0921. The van der Waals surface area contributed by atoms with Crippen molar-refractivity contribution in [2.75, 3.05) is 6.79 Å². The predicted molar refractivity (Wildman–Crippen MR) is 153 cm³/mol. The number of ether oxygens (including phenoxy) is 3. The molecule has 0 unspecified atom stereocenters. The van der Waals surface area contributed by atoms with E-state index < -0.39 is 23.6 Å². The third-order valence-corrected chi connectivity index (χ3v) is 6.94. The van der Waals surface area contributed by atoms with E-state index in [1.165, 1.54) is 30.5 Å². The fourth-order valence-electron chi connectivity index (χ4n) is 4.65. The van der Waals surface area contributed by atoms with Gasteiger partial charge in [-0.2, -0.15) is 18.3 Å². The molecule has 12 heteroatoms. The van der Waals surface area contributed by atoms with Crippen LogP contribution in [0.1, 0.15) is 32.0 Å². The molecule has 2 heterocycles. The van der Waals surface area contributed by atoms with Gasteiger partial charge in [-0.15, -0.1) is 0 Å². The number of hydrazone groups is 1. The van der Waals surface area contributed by atoms with Crippen LogP contribution in [0.3, 0.4) is 0 Å². The maximum atomic E-state index is 13.8. The number of nitrogens with zero attached hydrogens (tertiary/aromatic N) is 1. The van der Waals surface area contributed by atoms with E-state index in [0.29, 0.717) is 22.6 Å². The van der Waals surface area contributed by atoms with E-state index in [-0.39, 0.29) is 45.3 Å². The summed E-state index contributed by atoms with van der Waals surface area (Å²) >= 11 is 6.39. The molecule has 0 fully saturated rings. The summed E-state index contributed by atoms with van der Waals surface area (Å²) in [6.07, 6.45) is -3.42. The van der Waals surface area contributed by atoms with Crippen molar-refractivity contribution >= 4 is 40.6 Å². The lowest BCUT2D eigenvalue weighted by atomic mass is 10.00. The molecule has 8 nitrogen and oxygen atoms in total. The van der Waals surface area contributed by atoms with Crippen molar-refractivity contribution in [2.24, 2.45) is 5.10 Å². The SMILES string of the molecule is O=C(Oc1ccccc1C=NNC(=O)c1[nH]c2c(C(F)(F)F)cccc2c1-c1ccccc1Cl)c1ccc2c(c1)OCO2. The summed E-state index contributed by atoms with van der Waals surface area (Å²) in [7, 11) is 0. The summed E-state index contributed by atoms with van der Waals surface area (Å²) in [4.78, 5) is 28.7. The highest BCUT2D eigenvalue weighted by atomic mass is 35.5. The van der Waals surface area contributed by atoms with Gasteiger partial charge in [-0.1, -0.05) is 54.1 Å². The number of fused-ring (bicyclic) bond motifs is 2. The van der Waals surface area contributed by atoms with E-state index in [9.17, 15) is 22.8 Å². The van der Waals surface area contributed by atoms with Gasteiger partial charge in [0.1, 0.15) is 11.4 Å². The van der Waals surface area contributed by atoms with Gasteiger partial charge in [0.15, 0.2) is 11.5 Å². The van der Waals surface area contributed by atoms with Crippen molar-refractivity contribution in [1.29, 1.82) is 0 Å². The summed E-state index contributed by atoms with van der Waals surface area (Å²) in [6.45, 7) is 0.0563. The number of benzene rings is 4. The first-order valence-corrected chi connectivity index (χ1v) is 13.1. The number of carbonyl (C=O) groups is 2. The Balaban J connectivity index is 1.28. The monoisotopic (exact) mass is 605 g/mol. The summed E-state index contributed by atoms with van der Waals surface area (Å²) in [5, 5.41) is 4.39. The fourth-order valence-corrected chi connectivity index (χ4v) is 4.88. The number of aromatic nitrogens is 1. The lowest BCUT2D eigenvalue weighted by Gasteiger charge is -2.08. The molecule has 1 aliphatic heterocycles. The van der Waals surface area contributed by atoms with E-state index in [1.807, 2.05) is 0 Å². The number of rotatable bonds is 6. The molecule has 216 valence electrons. The summed E-state index contributed by atoms with van der Waals surface area (Å²) in [5.74, 6) is -0.388. The van der Waals surface area contributed by atoms with Crippen LogP contribution in [-0.2, 0) is 6.18 Å². The van der Waals surface area contributed by atoms with Gasteiger partial charge in [0, 0.05) is 27.1 Å². The first-order valence-electron chi connectivity index (χ1n) is 12.7. The highest BCUT2D eigenvalue weighted by Crippen LogP contribution is 2.41. The van der Waals surface area contributed by atoms with Crippen molar-refractivity contribution in [3.63, 3.8) is 0 Å². The molecular formula is C31H19ClF3N3O5. The van der Waals surface area contributed by atoms with Gasteiger partial charge in [0.2, 0.25) is 6.79 Å². The number of halogens is 4. The number of amides is 1. The Bertz CT molecular complexity index is 1920. The molecule has 0 spiro atoms. The van der Waals surface area contributed by atoms with Crippen LogP contribution in [0.25, 0.3) is 22.0 Å². The number of hydrogen-bond donors (Lipinski definition) is 2. The molecule has 5 aromatic rings. The molecule has 2 N–H and O–H groups in total. The molecule has 0 saturated heterocycles. The first kappa shape index (κ1) is 27.9. The molecule has 0 atom stereocenters. The second-order valence-corrected chi connectivity index (χ2v) is 9.68. The summed E-state index contributed by atoms with van der Waals surface area (Å²) in [5.41, 5.74) is 2.11. The van der Waals surface area contributed by atoms with Crippen LogP contribution >= 0.6 is 11.6 Å². The van der Waals surface area contributed by atoms with E-state index >= 15 is 0 Å². The zero-order chi connectivity index (χ0) is 30.1. The lowest BCUT2D eigenvalue weighted by Crippen LogP contribution is -2.19. The minimum absolute atomic E-state index is 0.0563. The Labute approximate surface area is 246 Å². The summed E-state index contributed by atoms with van der Waals surface area (Å²) in [6, 6.07) is 21.3. The standard InChI is InChI=1S/C31H19ClF3N3O5/c32-22-10-3-2-7-19(22)26-20-8-5-9-21(31(33,34)35)27(20)37-28(26)29(39)38-36-15-18-6-1-4-11-23(18)43-30(40)17-12-13-24-25(14-17)42-16-41-24/h1-15,37H,16H2,(H,38,39). The number of nitrogens with one attached hydrogen (secondary N) is 2. The topological polar surface area (TPSA) is 102 Å². The highest BCUT2D eigenvalue weighted by Gasteiger charge is 2.35. The zero-order valence-corrected chi connectivity index (χ0v) is 22.6. The van der Waals surface area contributed by atoms with Crippen LogP contribution in [0.2, 0.25) is 5.02 Å². The third-order valence-electron chi connectivity index (χ3n) is 6.61. The number of carbonyl (C=O) groups excluding carboxylic acids is 2. The Hall–Kier alpha value is -5.29. The van der Waals surface area contributed by atoms with E-state index in [1.54, 1.807) is 54.6 Å². The van der Waals surface area contributed by atoms with Gasteiger partial charge in [-0.25, -0.2) is 10.2 Å². The predicted octanol–water partition coefficient (Wildman–Crippen LogP) is 7.22. The number of hydrogen-bond acceptors (Lipinski definition) is 6. The average Bonchev–Trinajstić information content (AvgIpc) is 3.62. The van der Waals surface area contributed by atoms with Gasteiger partial charge in [0.05, 0.1) is 22.9 Å². The van der Waals surface area contributed by atoms with Gasteiger partial charge < -0.3 is 19.2 Å². The molecule has 0 radical (unpaired) electrons. The first-order chi connectivity index (χ1) is 20.7. The van der Waals surface area contributed by atoms with Crippen molar-refractivity contribution < 1.29 is 37.0 Å². The minimum Gasteiger partial charge on any atom is -0.454 e. The smallest absolute Gasteiger partial charge is 0.418 e. The Morgan fingerprint density at radius 1 is 0.953 bits per heavy atom. The maximum Gasteiger partial charge on any atom is 0.418 e. The van der Waals surface area contributed by atoms with Gasteiger partial charge in [0.25, 0.3) is 5.91 Å². The molecule has 1 amide bonds. The van der Waals surface area contributed by atoms with E-state index in [2.05, 4.69) is 15.5 Å². The second-order valence-electron chi connectivity index (χ2n) is 9.28. The van der Waals surface area contributed by atoms with Crippen LogP contribution in [-0.4, -0.2) is 29.9 Å². The highest BCUT2D eigenvalue weighted by molar-refractivity contribution is 6.34. The minimum atomic E-state index is -4.67. The Morgan fingerprint density at radius 2 is 1.72 bits per heavy atom. The lowest BCUT2D eigenvalue weighted by molar-refractivity contribution is -0.136. The average molecular weight is 606 g/mol. The molecule has 1 aliphatic rings. The van der Waals surface area contributed by atoms with Crippen molar-refractivity contribution in [3.05, 3.63) is 112 Å². The normalized spacial score (nSPS) is 12.6. The molecule has 0 saturated carbocycles. The largest absolute Gasteiger partial charge is 0.454 e. The fraction of sp³-hybridized carbons (Fsp3) is 0.0645. The maximum absolute atomic E-state index is 13.8. The number of aromatic amines is 1. The van der Waals surface area contributed by atoms with Gasteiger partial charge in [-0.05, 0) is 42.5 Å². The molecule has 6 rings (SSSR count). The van der Waals surface area contributed by atoms with Gasteiger partial charge in [-0.3, -0.25) is 4.79 Å². The van der Waals surface area contributed by atoms with Crippen LogP contribution in [0.15, 0.2) is 90.0 Å². The Morgan fingerprint density at radius 3 is 2.53 bits per heavy atom. The van der Waals surface area contributed by atoms with Gasteiger partial charge >= 0.3 is 12.1 Å². The Kier molecular flexibility index (Phi) is 7.24. The number of alkyl halides is 3. The van der Waals surface area contributed by atoms with E-state index in [4.69, 9.17) is 25.8 Å². The van der Waals surface area contributed by atoms with Crippen molar-refractivity contribution in [2.45, 2.75) is 6.18 Å². The van der Waals surface area contributed by atoms with E-state index in [0.717, 1.165) is 6.07 Å². The van der Waals surface area contributed by atoms with Crippen molar-refractivity contribution in [3.8, 4) is 28.4 Å². The summed E-state index contributed by atoms with van der Waals surface area (Å²) < 4.78 is 57.5. The third kappa shape index (κ3) is 5.50. The van der Waals surface area contributed by atoms with Crippen LogP contribution < -0.4 is 19.6 Å². The molecular weight excluding hydrogens is 587 g/mol.